The van der Waals surface area contributed by atoms with E-state index in [0.717, 1.165) is 17.7 Å². The summed E-state index contributed by atoms with van der Waals surface area (Å²) in [5.74, 6) is 2.83. The van der Waals surface area contributed by atoms with Crippen molar-refractivity contribution in [1.82, 2.24) is 4.98 Å². The van der Waals surface area contributed by atoms with Crippen molar-refractivity contribution >= 4 is 17.4 Å². The van der Waals surface area contributed by atoms with Gasteiger partial charge < -0.3 is 5.32 Å². The van der Waals surface area contributed by atoms with Crippen LogP contribution in [-0.2, 0) is 0 Å². The molecule has 1 N–H and O–H groups in total. The first-order valence-electron chi connectivity index (χ1n) is 5.72. The maximum atomic E-state index is 5.86. The number of fused-ring (bicyclic) bond motifs is 1. The number of aromatic nitrogens is 1. The molecular formula is C12H15ClN2. The number of halogens is 1. The first-order valence-corrected chi connectivity index (χ1v) is 6.10. The van der Waals surface area contributed by atoms with Crippen LogP contribution in [0.25, 0.3) is 0 Å². The molecule has 2 saturated carbocycles. The summed E-state index contributed by atoms with van der Waals surface area (Å²) in [4.78, 5) is 4.27. The van der Waals surface area contributed by atoms with Crippen LogP contribution in [0.1, 0.15) is 25.7 Å². The van der Waals surface area contributed by atoms with Gasteiger partial charge in [0.15, 0.2) is 0 Å². The fourth-order valence-corrected chi connectivity index (χ4v) is 2.93. The van der Waals surface area contributed by atoms with Crippen LogP contribution in [-0.4, -0.2) is 11.0 Å². The summed E-state index contributed by atoms with van der Waals surface area (Å²) in [6.45, 7) is 0. The molecule has 0 amide bonds. The summed E-state index contributed by atoms with van der Waals surface area (Å²) in [6.07, 6.45) is 5.50. The molecule has 80 valence electrons. The van der Waals surface area contributed by atoms with Gasteiger partial charge in [-0.15, -0.1) is 0 Å². The van der Waals surface area contributed by atoms with E-state index < -0.39 is 0 Å². The second kappa shape index (κ2) is 3.67. The fourth-order valence-electron chi connectivity index (χ4n) is 2.77. The highest BCUT2D eigenvalue weighted by Crippen LogP contribution is 2.50. The van der Waals surface area contributed by atoms with E-state index in [2.05, 4.69) is 10.3 Å². The molecule has 0 aliphatic heterocycles. The van der Waals surface area contributed by atoms with Crippen LogP contribution >= 0.6 is 11.6 Å². The molecule has 3 atom stereocenters. The van der Waals surface area contributed by atoms with Gasteiger partial charge in [-0.3, -0.25) is 0 Å². The van der Waals surface area contributed by atoms with Crippen molar-refractivity contribution < 1.29 is 0 Å². The third kappa shape index (κ3) is 1.96. The van der Waals surface area contributed by atoms with Gasteiger partial charge in [-0.25, -0.2) is 4.98 Å². The van der Waals surface area contributed by atoms with Gasteiger partial charge in [-0.1, -0.05) is 30.5 Å². The van der Waals surface area contributed by atoms with Crippen molar-refractivity contribution in [1.29, 1.82) is 0 Å². The van der Waals surface area contributed by atoms with E-state index in [9.17, 15) is 0 Å². The maximum absolute atomic E-state index is 5.86. The van der Waals surface area contributed by atoms with E-state index in [4.69, 9.17) is 11.6 Å². The Bertz CT molecular complexity index is 366. The predicted octanol–water partition coefficient (Wildman–Crippen LogP) is 3.34. The van der Waals surface area contributed by atoms with Crippen LogP contribution in [0.5, 0.6) is 0 Å². The Hall–Kier alpha value is -0.760. The lowest BCUT2D eigenvalue weighted by molar-refractivity contribution is 0.439. The van der Waals surface area contributed by atoms with E-state index in [1.54, 1.807) is 0 Å². The molecule has 0 bridgehead atoms. The minimum absolute atomic E-state index is 0.572. The first-order chi connectivity index (χ1) is 7.33. The Morgan fingerprint density at radius 3 is 3.13 bits per heavy atom. The van der Waals surface area contributed by atoms with Crippen molar-refractivity contribution in [3.05, 3.63) is 23.4 Å². The lowest BCUT2D eigenvalue weighted by atomic mass is 9.95. The molecule has 3 heteroatoms. The zero-order chi connectivity index (χ0) is 10.3. The molecule has 2 aliphatic carbocycles. The zero-order valence-electron chi connectivity index (χ0n) is 8.62. The number of hydrogen-bond acceptors (Lipinski definition) is 2. The standard InChI is InChI=1S/C12H15ClN2/c13-11-5-2-6-12(15-11)14-10-4-1-3-8-7-9(8)10/h2,5-6,8-10H,1,3-4,7H2,(H,14,15). The summed E-state index contributed by atoms with van der Waals surface area (Å²) in [5, 5.41) is 4.09. The highest BCUT2D eigenvalue weighted by molar-refractivity contribution is 6.29. The molecule has 0 spiro atoms. The van der Waals surface area contributed by atoms with Gasteiger partial charge in [0.05, 0.1) is 0 Å². The smallest absolute Gasteiger partial charge is 0.131 e. The average Bonchev–Trinajstić information content (AvgIpc) is 2.97. The zero-order valence-corrected chi connectivity index (χ0v) is 9.37. The second-order valence-electron chi connectivity index (χ2n) is 4.69. The number of rotatable bonds is 2. The fraction of sp³-hybridized carbons (Fsp3) is 0.583. The first kappa shape index (κ1) is 9.46. The molecule has 1 aromatic heterocycles. The Morgan fingerprint density at radius 1 is 1.33 bits per heavy atom. The van der Waals surface area contributed by atoms with E-state index in [1.807, 2.05) is 18.2 Å². The Balaban J connectivity index is 1.69. The summed E-state index contributed by atoms with van der Waals surface area (Å²) >= 11 is 5.86. The SMILES string of the molecule is Clc1cccc(NC2CCCC3CC32)n1. The molecule has 2 aliphatic rings. The Kier molecular flexibility index (Phi) is 2.32. The minimum atomic E-state index is 0.572. The van der Waals surface area contributed by atoms with Crippen molar-refractivity contribution in [2.24, 2.45) is 11.8 Å². The van der Waals surface area contributed by atoms with Crippen molar-refractivity contribution in [2.45, 2.75) is 31.7 Å². The number of nitrogens with zero attached hydrogens (tertiary/aromatic N) is 1. The van der Waals surface area contributed by atoms with Gasteiger partial charge in [0.1, 0.15) is 11.0 Å². The van der Waals surface area contributed by atoms with Crippen LogP contribution in [0.15, 0.2) is 18.2 Å². The Labute approximate surface area is 95.0 Å². The van der Waals surface area contributed by atoms with Crippen LogP contribution in [0.2, 0.25) is 5.15 Å². The van der Waals surface area contributed by atoms with Crippen LogP contribution in [0, 0.1) is 11.8 Å². The van der Waals surface area contributed by atoms with Gasteiger partial charge >= 0.3 is 0 Å². The van der Waals surface area contributed by atoms with Gasteiger partial charge in [0, 0.05) is 6.04 Å². The van der Waals surface area contributed by atoms with Crippen molar-refractivity contribution in [3.63, 3.8) is 0 Å². The van der Waals surface area contributed by atoms with Crippen LogP contribution in [0.3, 0.4) is 0 Å². The summed E-state index contributed by atoms with van der Waals surface area (Å²) < 4.78 is 0. The Morgan fingerprint density at radius 2 is 2.27 bits per heavy atom. The van der Waals surface area contributed by atoms with E-state index in [-0.39, 0.29) is 0 Å². The maximum Gasteiger partial charge on any atom is 0.131 e. The molecule has 15 heavy (non-hydrogen) atoms. The predicted molar refractivity (Wildman–Crippen MR) is 62.1 cm³/mol. The second-order valence-corrected chi connectivity index (χ2v) is 5.07. The molecule has 3 rings (SSSR count). The molecule has 2 fully saturated rings. The quantitative estimate of drug-likeness (QED) is 0.777. The highest BCUT2D eigenvalue weighted by atomic mass is 35.5. The lowest BCUT2D eigenvalue weighted by Gasteiger charge is -2.23. The summed E-state index contributed by atoms with van der Waals surface area (Å²) in [6, 6.07) is 6.39. The summed E-state index contributed by atoms with van der Waals surface area (Å²) in [5.41, 5.74) is 0. The van der Waals surface area contributed by atoms with Crippen LogP contribution < -0.4 is 5.32 Å². The van der Waals surface area contributed by atoms with Crippen molar-refractivity contribution in [3.8, 4) is 0 Å². The third-order valence-electron chi connectivity index (χ3n) is 3.63. The number of nitrogens with one attached hydrogen (secondary N) is 1. The van der Waals surface area contributed by atoms with E-state index in [0.29, 0.717) is 11.2 Å². The van der Waals surface area contributed by atoms with Gasteiger partial charge in [-0.2, -0.15) is 0 Å². The normalized spacial score (nSPS) is 33.3. The molecular weight excluding hydrogens is 208 g/mol. The van der Waals surface area contributed by atoms with Gasteiger partial charge in [0.2, 0.25) is 0 Å². The lowest BCUT2D eigenvalue weighted by Crippen LogP contribution is -2.25. The molecule has 0 radical (unpaired) electrons. The number of pyridine rings is 1. The number of anilines is 1. The largest absolute Gasteiger partial charge is 0.367 e. The minimum Gasteiger partial charge on any atom is -0.367 e. The summed E-state index contributed by atoms with van der Waals surface area (Å²) in [7, 11) is 0. The van der Waals surface area contributed by atoms with Crippen LogP contribution in [0.4, 0.5) is 5.82 Å². The van der Waals surface area contributed by atoms with Crippen molar-refractivity contribution in [2.75, 3.05) is 5.32 Å². The molecule has 0 aromatic carbocycles. The molecule has 2 nitrogen and oxygen atoms in total. The highest BCUT2D eigenvalue weighted by Gasteiger charge is 2.45. The third-order valence-corrected chi connectivity index (χ3v) is 3.84. The molecule has 3 unspecified atom stereocenters. The average molecular weight is 223 g/mol. The van der Waals surface area contributed by atoms with E-state index >= 15 is 0 Å². The number of hydrogen-bond donors (Lipinski definition) is 1. The monoisotopic (exact) mass is 222 g/mol. The van der Waals surface area contributed by atoms with E-state index in [1.165, 1.54) is 25.7 Å². The molecule has 0 saturated heterocycles. The molecule has 1 aromatic rings. The van der Waals surface area contributed by atoms with Gasteiger partial charge in [0.25, 0.3) is 0 Å². The molecule has 1 heterocycles. The topological polar surface area (TPSA) is 24.9 Å². The van der Waals surface area contributed by atoms with Gasteiger partial charge in [-0.05, 0) is 36.8 Å².